The van der Waals surface area contributed by atoms with E-state index in [1.807, 2.05) is 6.92 Å². The maximum Gasteiger partial charge on any atom is 0.337 e. The number of hydrogen-bond acceptors (Lipinski definition) is 8. The number of Topliss-reactive ketones (excluding diaryl/α,β-unsaturated/α-hetero) is 1. The number of aromatic hydroxyl groups is 1. The predicted molar refractivity (Wildman–Crippen MR) is 128 cm³/mol. The first-order valence-electron chi connectivity index (χ1n) is 12.2. The molecule has 4 rings (SSSR count). The summed E-state index contributed by atoms with van der Waals surface area (Å²) >= 11 is 0. The molecule has 188 valence electrons. The number of benzene rings is 1. The molecule has 2 aliphatic carbocycles. The van der Waals surface area contributed by atoms with Crippen molar-refractivity contribution < 1.29 is 33.7 Å². The highest BCUT2D eigenvalue weighted by molar-refractivity contribution is 6.12. The lowest BCUT2D eigenvalue weighted by Crippen LogP contribution is -2.43. The van der Waals surface area contributed by atoms with E-state index in [0.29, 0.717) is 34.5 Å². The number of nitrogens with one attached hydrogen (secondary N) is 1. The van der Waals surface area contributed by atoms with E-state index >= 15 is 0 Å². The lowest BCUT2D eigenvalue weighted by atomic mass is 9.69. The fourth-order valence-corrected chi connectivity index (χ4v) is 5.57. The molecule has 3 aliphatic rings. The molecule has 1 aromatic carbocycles. The summed E-state index contributed by atoms with van der Waals surface area (Å²) in [6.07, 6.45) is 5.06. The first-order chi connectivity index (χ1) is 16.8. The zero-order chi connectivity index (χ0) is 25.3. The first-order valence-corrected chi connectivity index (χ1v) is 12.2. The molecule has 0 aromatic heterocycles. The molecule has 8 nitrogen and oxygen atoms in total. The Balaban J connectivity index is 1.81. The lowest BCUT2D eigenvalue weighted by molar-refractivity contribution is -0.151. The summed E-state index contributed by atoms with van der Waals surface area (Å²) in [6.45, 7) is 3.63. The maximum absolute atomic E-state index is 13.8. The van der Waals surface area contributed by atoms with Crippen molar-refractivity contribution in [3.63, 3.8) is 0 Å². The van der Waals surface area contributed by atoms with Crippen molar-refractivity contribution in [1.29, 1.82) is 0 Å². The van der Waals surface area contributed by atoms with Crippen molar-refractivity contribution in [2.75, 3.05) is 14.2 Å². The number of phenols is 1. The molecular formula is C27H33NO7. The van der Waals surface area contributed by atoms with E-state index in [0.717, 1.165) is 32.1 Å². The fraction of sp³-hybridized carbons (Fsp3) is 0.519. The minimum absolute atomic E-state index is 0.107. The van der Waals surface area contributed by atoms with Gasteiger partial charge in [-0.05, 0) is 62.6 Å². The Hall–Kier alpha value is -3.29. The number of rotatable bonds is 5. The van der Waals surface area contributed by atoms with Gasteiger partial charge in [0.2, 0.25) is 0 Å². The van der Waals surface area contributed by atoms with Gasteiger partial charge in [0.05, 0.1) is 19.8 Å². The van der Waals surface area contributed by atoms with Crippen LogP contribution in [0.5, 0.6) is 11.5 Å². The third-order valence-electron chi connectivity index (χ3n) is 7.33. The van der Waals surface area contributed by atoms with E-state index in [-0.39, 0.29) is 29.3 Å². The molecule has 0 saturated heterocycles. The van der Waals surface area contributed by atoms with Crippen molar-refractivity contribution in [1.82, 2.24) is 5.32 Å². The Kier molecular flexibility index (Phi) is 7.19. The molecule has 0 radical (unpaired) electrons. The number of carbonyl (C=O) groups is 3. The SMILES string of the molecule is COC(=O)[C@H]1C(=O)C2=C(C[C@H]1C)NC(C)=C(C(=O)OC1CCCCC1)[C@@H]2c1ccc(OC)c(O)c1. The number of esters is 2. The Morgan fingerprint density at radius 2 is 1.83 bits per heavy atom. The number of allylic oxidation sites excluding steroid dienone is 3. The largest absolute Gasteiger partial charge is 0.504 e. The van der Waals surface area contributed by atoms with Crippen molar-refractivity contribution in [3.05, 3.63) is 46.3 Å². The van der Waals surface area contributed by atoms with Gasteiger partial charge in [0, 0.05) is 22.9 Å². The first kappa shape index (κ1) is 24.8. The summed E-state index contributed by atoms with van der Waals surface area (Å²) in [7, 11) is 2.71. The zero-order valence-electron chi connectivity index (χ0n) is 20.7. The third-order valence-corrected chi connectivity index (χ3v) is 7.33. The van der Waals surface area contributed by atoms with Gasteiger partial charge in [0.15, 0.2) is 17.3 Å². The van der Waals surface area contributed by atoms with Crippen molar-refractivity contribution in [3.8, 4) is 11.5 Å². The summed E-state index contributed by atoms with van der Waals surface area (Å²) in [4.78, 5) is 39.9. The topological polar surface area (TPSA) is 111 Å². The second-order valence-electron chi connectivity index (χ2n) is 9.63. The van der Waals surface area contributed by atoms with E-state index in [1.165, 1.54) is 20.3 Å². The molecule has 3 atom stereocenters. The summed E-state index contributed by atoms with van der Waals surface area (Å²) < 4.78 is 16.0. The van der Waals surface area contributed by atoms with Crippen molar-refractivity contribution in [2.45, 2.75) is 64.4 Å². The van der Waals surface area contributed by atoms with Crippen LogP contribution in [-0.4, -0.2) is 43.2 Å². The molecule has 1 aromatic rings. The van der Waals surface area contributed by atoms with E-state index in [4.69, 9.17) is 14.2 Å². The molecule has 0 spiro atoms. The highest BCUT2D eigenvalue weighted by Gasteiger charge is 2.47. The van der Waals surface area contributed by atoms with Gasteiger partial charge in [0.1, 0.15) is 12.0 Å². The minimum Gasteiger partial charge on any atom is -0.504 e. The second kappa shape index (κ2) is 10.1. The number of ketones is 1. The summed E-state index contributed by atoms with van der Waals surface area (Å²) in [6, 6.07) is 4.82. The average Bonchev–Trinajstić information content (AvgIpc) is 2.83. The highest BCUT2D eigenvalue weighted by Crippen LogP contribution is 2.47. The molecule has 35 heavy (non-hydrogen) atoms. The molecule has 8 heteroatoms. The van der Waals surface area contributed by atoms with Gasteiger partial charge in [-0.1, -0.05) is 19.4 Å². The number of methoxy groups -OCH3 is 2. The van der Waals surface area contributed by atoms with Crippen molar-refractivity contribution in [2.24, 2.45) is 11.8 Å². The van der Waals surface area contributed by atoms with Crippen molar-refractivity contribution >= 4 is 17.7 Å². The van der Waals surface area contributed by atoms with Crippen LogP contribution in [0.4, 0.5) is 0 Å². The molecular weight excluding hydrogens is 450 g/mol. The van der Waals surface area contributed by atoms with Gasteiger partial charge in [-0.15, -0.1) is 0 Å². The standard InChI is InChI=1S/C27H33NO7/c1-14-12-18-24(25(30)21(14)26(31)34-4)23(16-10-11-20(33-3)19(29)13-16)22(15(2)28-18)27(32)35-17-8-6-5-7-9-17/h10-11,13-14,17,21,23,28-29H,5-9,12H2,1-4H3/t14-,21-,23+/m1/s1. The molecule has 0 unspecified atom stereocenters. The molecule has 1 heterocycles. The number of carbonyl (C=O) groups excluding carboxylic acids is 3. The Morgan fingerprint density at radius 1 is 1.11 bits per heavy atom. The van der Waals surface area contributed by atoms with Crippen LogP contribution in [0.3, 0.4) is 0 Å². The van der Waals surface area contributed by atoms with Crippen LogP contribution in [0.1, 0.15) is 63.9 Å². The maximum atomic E-state index is 13.8. The Bertz CT molecular complexity index is 1100. The lowest BCUT2D eigenvalue weighted by Gasteiger charge is -2.38. The summed E-state index contributed by atoms with van der Waals surface area (Å²) in [5.41, 5.74) is 2.46. The number of dihydropyridines is 1. The predicted octanol–water partition coefficient (Wildman–Crippen LogP) is 3.89. The quantitative estimate of drug-likeness (QED) is 0.479. The van der Waals surface area contributed by atoms with E-state index in [1.54, 1.807) is 19.1 Å². The van der Waals surface area contributed by atoms with E-state index < -0.39 is 23.8 Å². The molecule has 1 aliphatic heterocycles. The molecule has 1 fully saturated rings. The summed E-state index contributed by atoms with van der Waals surface area (Å²) in [5, 5.41) is 13.8. The second-order valence-corrected chi connectivity index (χ2v) is 9.63. The number of ether oxygens (including phenoxy) is 3. The normalized spacial score (nSPS) is 25.0. The van der Waals surface area contributed by atoms with Gasteiger partial charge in [0.25, 0.3) is 0 Å². The average molecular weight is 484 g/mol. The van der Waals surface area contributed by atoms with E-state index in [9.17, 15) is 19.5 Å². The molecule has 2 N–H and O–H groups in total. The van der Waals surface area contributed by atoms with Gasteiger partial charge in [-0.3, -0.25) is 9.59 Å². The fourth-order valence-electron chi connectivity index (χ4n) is 5.57. The van der Waals surface area contributed by atoms with Crippen LogP contribution in [0.2, 0.25) is 0 Å². The number of phenolic OH excluding ortho intramolecular Hbond substituents is 1. The van der Waals surface area contributed by atoms with Crippen LogP contribution < -0.4 is 10.1 Å². The van der Waals surface area contributed by atoms with Gasteiger partial charge in [-0.25, -0.2) is 4.79 Å². The highest BCUT2D eigenvalue weighted by atomic mass is 16.5. The van der Waals surface area contributed by atoms with Gasteiger partial charge in [-0.2, -0.15) is 0 Å². The zero-order valence-corrected chi connectivity index (χ0v) is 20.7. The Labute approximate surface area is 205 Å². The number of hydrogen-bond donors (Lipinski definition) is 2. The summed E-state index contributed by atoms with van der Waals surface area (Å²) in [5.74, 6) is -3.33. The third kappa shape index (κ3) is 4.66. The van der Waals surface area contributed by atoms with Gasteiger partial charge >= 0.3 is 11.9 Å². The van der Waals surface area contributed by atoms with Crippen LogP contribution in [-0.2, 0) is 23.9 Å². The van der Waals surface area contributed by atoms with Crippen LogP contribution in [0, 0.1) is 11.8 Å². The van der Waals surface area contributed by atoms with Crippen LogP contribution in [0.15, 0.2) is 40.7 Å². The smallest absolute Gasteiger partial charge is 0.337 e. The van der Waals surface area contributed by atoms with Crippen LogP contribution >= 0.6 is 0 Å². The van der Waals surface area contributed by atoms with Gasteiger partial charge < -0.3 is 24.6 Å². The minimum atomic E-state index is -0.969. The van der Waals surface area contributed by atoms with E-state index in [2.05, 4.69) is 5.32 Å². The molecule has 0 amide bonds. The molecule has 0 bridgehead atoms. The Morgan fingerprint density at radius 3 is 2.46 bits per heavy atom. The van der Waals surface area contributed by atoms with Crippen LogP contribution in [0.25, 0.3) is 0 Å². The monoisotopic (exact) mass is 483 g/mol. The molecule has 1 saturated carbocycles.